The van der Waals surface area contributed by atoms with E-state index < -0.39 is 0 Å². The van der Waals surface area contributed by atoms with Crippen molar-refractivity contribution >= 4 is 17.3 Å². The minimum atomic E-state index is -0.0685. The lowest BCUT2D eigenvalue weighted by molar-refractivity contribution is -0.114. The topological polar surface area (TPSA) is 50.4 Å². The van der Waals surface area contributed by atoms with Gasteiger partial charge in [0.2, 0.25) is 5.91 Å². The average molecular weight is 326 g/mol. The van der Waals surface area contributed by atoms with Crippen LogP contribution in [0.4, 0.5) is 11.4 Å². The summed E-state index contributed by atoms with van der Waals surface area (Å²) in [6, 6.07) is 13.7. The quantitative estimate of drug-likeness (QED) is 0.701. The number of hydrogen-bond donors (Lipinski definition) is 2. The molecular weight excluding hydrogens is 300 g/mol. The van der Waals surface area contributed by atoms with E-state index in [0.717, 1.165) is 41.1 Å². The van der Waals surface area contributed by atoms with Crippen LogP contribution in [0.1, 0.15) is 30.9 Å². The lowest BCUT2D eigenvalue weighted by atomic mass is 10.1. The van der Waals surface area contributed by atoms with Gasteiger partial charge in [-0.15, -0.1) is 0 Å². The highest BCUT2D eigenvalue weighted by molar-refractivity contribution is 5.94. The summed E-state index contributed by atoms with van der Waals surface area (Å²) in [5.74, 6) is 0.754. The zero-order chi connectivity index (χ0) is 17.4. The van der Waals surface area contributed by atoms with E-state index >= 15 is 0 Å². The first-order chi connectivity index (χ1) is 11.6. The summed E-state index contributed by atoms with van der Waals surface area (Å²) in [4.78, 5) is 12.1. The van der Waals surface area contributed by atoms with Crippen molar-refractivity contribution in [1.29, 1.82) is 0 Å². The summed E-state index contributed by atoms with van der Waals surface area (Å²) >= 11 is 0. The minimum Gasteiger partial charge on any atom is -0.494 e. The smallest absolute Gasteiger partial charge is 0.243 e. The second-order valence-corrected chi connectivity index (χ2v) is 5.95. The summed E-state index contributed by atoms with van der Waals surface area (Å²) in [5, 5.41) is 6.08. The van der Waals surface area contributed by atoms with Gasteiger partial charge in [0.1, 0.15) is 5.75 Å². The Morgan fingerprint density at radius 3 is 2.75 bits per heavy atom. The lowest BCUT2D eigenvalue weighted by Gasteiger charge is -2.12. The molecule has 0 aliphatic heterocycles. The first-order valence-electron chi connectivity index (χ1n) is 8.42. The maximum Gasteiger partial charge on any atom is 0.243 e. The van der Waals surface area contributed by atoms with Gasteiger partial charge in [-0.25, -0.2) is 0 Å². The second kappa shape index (κ2) is 8.96. The number of nitrogens with one attached hydrogen (secondary N) is 2. The summed E-state index contributed by atoms with van der Waals surface area (Å²) in [7, 11) is 0. The Balaban J connectivity index is 1.87. The van der Waals surface area contributed by atoms with E-state index in [2.05, 4.69) is 17.6 Å². The van der Waals surface area contributed by atoms with Crippen molar-refractivity contribution in [2.75, 3.05) is 23.8 Å². The molecule has 2 rings (SSSR count). The van der Waals surface area contributed by atoms with Crippen LogP contribution in [-0.2, 0) is 4.79 Å². The normalized spacial score (nSPS) is 10.3. The molecular formula is C20H26N2O2. The predicted molar refractivity (Wildman–Crippen MR) is 99.9 cm³/mol. The highest BCUT2D eigenvalue weighted by Gasteiger charge is 2.05. The zero-order valence-corrected chi connectivity index (χ0v) is 14.7. The van der Waals surface area contributed by atoms with Crippen LogP contribution in [-0.4, -0.2) is 19.1 Å². The SMILES string of the molecule is CCCCOc1cccc(NCC(=O)Nc2cc(C)ccc2C)c1. The zero-order valence-electron chi connectivity index (χ0n) is 14.7. The van der Waals surface area contributed by atoms with E-state index in [1.165, 1.54) is 0 Å². The molecule has 0 atom stereocenters. The number of carbonyl (C=O) groups excluding carboxylic acids is 1. The Kier molecular flexibility index (Phi) is 6.67. The first-order valence-corrected chi connectivity index (χ1v) is 8.42. The van der Waals surface area contributed by atoms with Crippen molar-refractivity contribution in [3.63, 3.8) is 0 Å². The number of carbonyl (C=O) groups is 1. The molecule has 0 radical (unpaired) electrons. The van der Waals surface area contributed by atoms with E-state index in [9.17, 15) is 4.79 Å². The number of benzene rings is 2. The van der Waals surface area contributed by atoms with Crippen molar-refractivity contribution in [3.8, 4) is 5.75 Å². The maximum absolute atomic E-state index is 12.1. The molecule has 0 saturated heterocycles. The molecule has 0 aliphatic carbocycles. The lowest BCUT2D eigenvalue weighted by Crippen LogP contribution is -2.22. The molecule has 0 bridgehead atoms. The van der Waals surface area contributed by atoms with Crippen LogP contribution < -0.4 is 15.4 Å². The van der Waals surface area contributed by atoms with Gasteiger partial charge < -0.3 is 15.4 Å². The Morgan fingerprint density at radius 1 is 1.12 bits per heavy atom. The fourth-order valence-electron chi connectivity index (χ4n) is 2.28. The first kappa shape index (κ1) is 17.9. The van der Waals surface area contributed by atoms with Gasteiger partial charge in [-0.3, -0.25) is 4.79 Å². The van der Waals surface area contributed by atoms with Crippen LogP contribution in [0.25, 0.3) is 0 Å². The molecule has 0 fully saturated rings. The molecule has 0 aromatic heterocycles. The molecule has 0 heterocycles. The number of ether oxygens (including phenoxy) is 1. The molecule has 4 heteroatoms. The molecule has 4 nitrogen and oxygen atoms in total. The fraction of sp³-hybridized carbons (Fsp3) is 0.350. The van der Waals surface area contributed by atoms with Gasteiger partial charge in [0.25, 0.3) is 0 Å². The third-order valence-electron chi connectivity index (χ3n) is 3.72. The minimum absolute atomic E-state index is 0.0685. The molecule has 0 saturated carbocycles. The van der Waals surface area contributed by atoms with Crippen LogP contribution in [0.3, 0.4) is 0 Å². The molecule has 24 heavy (non-hydrogen) atoms. The van der Waals surface area contributed by atoms with Crippen molar-refractivity contribution < 1.29 is 9.53 Å². The summed E-state index contributed by atoms with van der Waals surface area (Å²) < 4.78 is 5.68. The average Bonchev–Trinajstić information content (AvgIpc) is 2.57. The molecule has 2 N–H and O–H groups in total. The monoisotopic (exact) mass is 326 g/mol. The van der Waals surface area contributed by atoms with Gasteiger partial charge >= 0.3 is 0 Å². The Bertz CT molecular complexity index is 683. The summed E-state index contributed by atoms with van der Waals surface area (Å²) in [5.41, 5.74) is 3.92. The standard InChI is InChI=1S/C20H26N2O2/c1-4-5-11-24-18-8-6-7-17(13-18)21-14-20(23)22-19-12-15(2)9-10-16(19)3/h6-10,12-13,21H,4-5,11,14H2,1-3H3,(H,22,23). The van der Waals surface area contributed by atoms with E-state index in [1.54, 1.807) is 0 Å². The second-order valence-electron chi connectivity index (χ2n) is 5.95. The number of anilines is 2. The molecule has 0 unspecified atom stereocenters. The van der Waals surface area contributed by atoms with E-state index in [-0.39, 0.29) is 12.5 Å². The molecule has 0 aliphatic rings. The Labute approximate surface area is 144 Å². The van der Waals surface area contributed by atoms with Gasteiger partial charge in [0.15, 0.2) is 0 Å². The third-order valence-corrected chi connectivity index (χ3v) is 3.72. The van der Waals surface area contributed by atoms with Crippen LogP contribution >= 0.6 is 0 Å². The van der Waals surface area contributed by atoms with Gasteiger partial charge in [-0.2, -0.15) is 0 Å². The third kappa shape index (κ3) is 5.61. The Hall–Kier alpha value is -2.49. The van der Waals surface area contributed by atoms with Crippen molar-refractivity contribution in [3.05, 3.63) is 53.6 Å². The molecule has 2 aromatic rings. The summed E-state index contributed by atoms with van der Waals surface area (Å²) in [6.07, 6.45) is 2.15. The van der Waals surface area contributed by atoms with E-state index in [4.69, 9.17) is 4.74 Å². The molecule has 128 valence electrons. The highest BCUT2D eigenvalue weighted by atomic mass is 16.5. The fourth-order valence-corrected chi connectivity index (χ4v) is 2.28. The van der Waals surface area contributed by atoms with E-state index in [1.807, 2.05) is 56.3 Å². The van der Waals surface area contributed by atoms with Gasteiger partial charge in [-0.1, -0.05) is 31.5 Å². The van der Waals surface area contributed by atoms with Crippen molar-refractivity contribution in [1.82, 2.24) is 0 Å². The van der Waals surface area contributed by atoms with Crippen molar-refractivity contribution in [2.45, 2.75) is 33.6 Å². The van der Waals surface area contributed by atoms with Crippen molar-refractivity contribution in [2.24, 2.45) is 0 Å². The number of rotatable bonds is 8. The number of unbranched alkanes of at least 4 members (excludes halogenated alkanes) is 1. The molecule has 2 aromatic carbocycles. The summed E-state index contributed by atoms with van der Waals surface area (Å²) in [6.45, 7) is 7.06. The van der Waals surface area contributed by atoms with Gasteiger partial charge in [0, 0.05) is 17.4 Å². The van der Waals surface area contributed by atoms with Crippen LogP contribution in [0.2, 0.25) is 0 Å². The molecule has 0 spiro atoms. The van der Waals surface area contributed by atoms with Crippen LogP contribution in [0.5, 0.6) is 5.75 Å². The predicted octanol–water partition coefficient (Wildman–Crippen LogP) is 4.53. The van der Waals surface area contributed by atoms with E-state index in [0.29, 0.717) is 6.61 Å². The Morgan fingerprint density at radius 2 is 1.96 bits per heavy atom. The van der Waals surface area contributed by atoms with Crippen LogP contribution in [0, 0.1) is 13.8 Å². The maximum atomic E-state index is 12.1. The number of aryl methyl sites for hydroxylation is 2. The number of amides is 1. The van der Waals surface area contributed by atoms with Gasteiger partial charge in [0.05, 0.1) is 13.2 Å². The molecule has 1 amide bonds. The highest BCUT2D eigenvalue weighted by Crippen LogP contribution is 2.18. The van der Waals surface area contributed by atoms with Crippen LogP contribution in [0.15, 0.2) is 42.5 Å². The largest absolute Gasteiger partial charge is 0.494 e. The van der Waals surface area contributed by atoms with Gasteiger partial charge in [-0.05, 0) is 49.6 Å². The number of hydrogen-bond acceptors (Lipinski definition) is 3.